The van der Waals surface area contributed by atoms with Crippen LogP contribution < -0.4 is 10.6 Å². The highest BCUT2D eigenvalue weighted by atomic mass is 32.1. The van der Waals surface area contributed by atoms with E-state index in [0.717, 1.165) is 0 Å². The molecule has 1 aromatic heterocycles. The molecule has 2 N–H and O–H groups in total. The third-order valence-corrected chi connectivity index (χ3v) is 5.26. The van der Waals surface area contributed by atoms with Gasteiger partial charge < -0.3 is 10.2 Å². The Labute approximate surface area is 137 Å². The van der Waals surface area contributed by atoms with Crippen molar-refractivity contribution in [2.45, 2.75) is 31.2 Å². The summed E-state index contributed by atoms with van der Waals surface area (Å²) in [7, 11) is 0. The predicted molar refractivity (Wildman–Crippen MR) is 83.1 cm³/mol. The highest BCUT2D eigenvalue weighted by Gasteiger charge is 2.48. The van der Waals surface area contributed by atoms with E-state index in [1.165, 1.54) is 11.3 Å². The fraction of sp³-hybridized carbons (Fsp3) is 0.467. The van der Waals surface area contributed by atoms with Crippen molar-refractivity contribution < 1.29 is 19.2 Å². The van der Waals surface area contributed by atoms with Gasteiger partial charge in [-0.1, -0.05) is 6.07 Å². The summed E-state index contributed by atoms with van der Waals surface area (Å²) in [6, 6.07) is 3.09. The smallest absolute Gasteiger partial charge is 0.322 e. The number of Topliss-reactive ketones (excluding diaryl/α,β-unsaturated/α-hetero) is 1. The van der Waals surface area contributed by atoms with E-state index in [0.29, 0.717) is 30.8 Å². The lowest BCUT2D eigenvalue weighted by Crippen LogP contribution is -2.55. The predicted octanol–water partition coefficient (Wildman–Crippen LogP) is 0.912. The van der Waals surface area contributed by atoms with Crippen LogP contribution in [0.2, 0.25) is 0 Å². The number of nitrogens with zero attached hydrogens (tertiary/aromatic N) is 1. The second-order valence-corrected chi connectivity index (χ2v) is 6.72. The Morgan fingerprint density at radius 3 is 2.52 bits per heavy atom. The Kier molecular flexibility index (Phi) is 4.16. The average Bonchev–Trinajstić information content (AvgIpc) is 3.15. The van der Waals surface area contributed by atoms with Crippen molar-refractivity contribution in [1.29, 1.82) is 0 Å². The minimum Gasteiger partial charge on any atom is -0.342 e. The molecule has 122 valence electrons. The van der Waals surface area contributed by atoms with Gasteiger partial charge in [0.2, 0.25) is 5.91 Å². The molecule has 7 nitrogen and oxygen atoms in total. The van der Waals surface area contributed by atoms with Gasteiger partial charge in [-0.2, -0.15) is 0 Å². The summed E-state index contributed by atoms with van der Waals surface area (Å²) in [6.07, 6.45) is 1.16. The molecule has 1 spiro atoms. The summed E-state index contributed by atoms with van der Waals surface area (Å²) in [5.74, 6) is -0.429. The van der Waals surface area contributed by atoms with Crippen molar-refractivity contribution in [3.8, 4) is 0 Å². The maximum Gasteiger partial charge on any atom is 0.322 e. The Bertz CT molecular complexity index is 648. The summed E-state index contributed by atoms with van der Waals surface area (Å²) < 4.78 is 0. The molecule has 3 heterocycles. The van der Waals surface area contributed by atoms with E-state index >= 15 is 0 Å². The quantitative estimate of drug-likeness (QED) is 0.631. The van der Waals surface area contributed by atoms with Crippen molar-refractivity contribution in [1.82, 2.24) is 15.5 Å². The normalized spacial score (nSPS) is 19.6. The lowest BCUT2D eigenvalue weighted by molar-refractivity contribution is -0.135. The van der Waals surface area contributed by atoms with Crippen LogP contribution in [0.4, 0.5) is 4.79 Å². The molecule has 0 atom stereocenters. The van der Waals surface area contributed by atoms with Gasteiger partial charge in [0.05, 0.1) is 4.88 Å². The summed E-state index contributed by atoms with van der Waals surface area (Å²) in [5.41, 5.74) is -0.874. The van der Waals surface area contributed by atoms with Crippen LogP contribution in [0.5, 0.6) is 0 Å². The average molecular weight is 335 g/mol. The fourth-order valence-electron chi connectivity index (χ4n) is 2.96. The molecule has 2 saturated heterocycles. The van der Waals surface area contributed by atoms with E-state index in [1.807, 2.05) is 11.4 Å². The summed E-state index contributed by atoms with van der Waals surface area (Å²) in [6.45, 7) is 0.805. The highest BCUT2D eigenvalue weighted by molar-refractivity contribution is 7.12. The molecule has 23 heavy (non-hydrogen) atoms. The van der Waals surface area contributed by atoms with Gasteiger partial charge in [0.1, 0.15) is 5.54 Å². The molecule has 3 rings (SSSR count). The van der Waals surface area contributed by atoms with E-state index < -0.39 is 11.6 Å². The number of likely N-dealkylation sites (tertiary alicyclic amines) is 1. The molecule has 8 heteroatoms. The van der Waals surface area contributed by atoms with E-state index in [9.17, 15) is 19.2 Å². The van der Waals surface area contributed by atoms with Gasteiger partial charge in [0.25, 0.3) is 5.91 Å². The number of thiophene rings is 1. The van der Waals surface area contributed by atoms with Crippen LogP contribution in [0.15, 0.2) is 17.5 Å². The SMILES string of the molecule is O=C1NC(=O)C2(CCN(C(=O)CCC(=O)c3cccs3)CC2)N1. The van der Waals surface area contributed by atoms with Crippen molar-refractivity contribution in [2.24, 2.45) is 0 Å². The number of ketones is 1. The zero-order chi connectivity index (χ0) is 16.4. The van der Waals surface area contributed by atoms with Gasteiger partial charge >= 0.3 is 6.03 Å². The van der Waals surface area contributed by atoms with Crippen molar-refractivity contribution in [3.63, 3.8) is 0 Å². The Morgan fingerprint density at radius 1 is 1.22 bits per heavy atom. The van der Waals surface area contributed by atoms with Gasteiger partial charge in [0, 0.05) is 25.9 Å². The number of carbonyl (C=O) groups excluding carboxylic acids is 4. The van der Waals surface area contributed by atoms with Crippen LogP contribution in [-0.4, -0.2) is 47.2 Å². The number of urea groups is 1. The number of piperidine rings is 1. The zero-order valence-electron chi connectivity index (χ0n) is 12.5. The van der Waals surface area contributed by atoms with Crippen molar-refractivity contribution in [2.75, 3.05) is 13.1 Å². The summed E-state index contributed by atoms with van der Waals surface area (Å²) >= 11 is 1.37. The molecule has 0 saturated carbocycles. The third-order valence-electron chi connectivity index (χ3n) is 4.35. The van der Waals surface area contributed by atoms with Gasteiger partial charge in [-0.05, 0) is 24.3 Å². The molecular formula is C15H17N3O4S. The van der Waals surface area contributed by atoms with E-state index in [-0.39, 0.29) is 30.4 Å². The van der Waals surface area contributed by atoms with E-state index in [4.69, 9.17) is 0 Å². The number of hydrogen-bond acceptors (Lipinski definition) is 5. The minimum atomic E-state index is -0.874. The van der Waals surface area contributed by atoms with Gasteiger partial charge in [-0.15, -0.1) is 11.3 Å². The molecule has 1 aromatic rings. The number of imide groups is 1. The zero-order valence-corrected chi connectivity index (χ0v) is 13.3. The van der Waals surface area contributed by atoms with Crippen molar-refractivity contribution in [3.05, 3.63) is 22.4 Å². The van der Waals surface area contributed by atoms with Crippen LogP contribution >= 0.6 is 11.3 Å². The first-order valence-corrected chi connectivity index (χ1v) is 8.36. The van der Waals surface area contributed by atoms with Crippen LogP contribution in [-0.2, 0) is 9.59 Å². The molecule has 2 aliphatic rings. The molecule has 0 aromatic carbocycles. The lowest BCUT2D eigenvalue weighted by Gasteiger charge is -2.37. The number of amides is 4. The van der Waals surface area contributed by atoms with Crippen LogP contribution in [0, 0.1) is 0 Å². The first-order chi connectivity index (χ1) is 11.0. The maximum atomic E-state index is 12.2. The molecule has 0 bridgehead atoms. The monoisotopic (exact) mass is 335 g/mol. The lowest BCUT2D eigenvalue weighted by atomic mass is 9.87. The molecule has 0 radical (unpaired) electrons. The molecule has 4 amide bonds. The van der Waals surface area contributed by atoms with E-state index in [2.05, 4.69) is 10.6 Å². The second kappa shape index (κ2) is 6.11. The summed E-state index contributed by atoms with van der Waals surface area (Å²) in [5, 5.41) is 6.73. The molecule has 0 aliphatic carbocycles. The Morgan fingerprint density at radius 2 is 1.96 bits per heavy atom. The van der Waals surface area contributed by atoms with Gasteiger partial charge in [0.15, 0.2) is 5.78 Å². The van der Waals surface area contributed by atoms with E-state index in [1.54, 1.807) is 11.0 Å². The second-order valence-electron chi connectivity index (χ2n) is 5.77. The Balaban J connectivity index is 1.50. The number of hydrogen-bond donors (Lipinski definition) is 2. The third kappa shape index (κ3) is 3.12. The minimum absolute atomic E-state index is 0.0238. The van der Waals surface area contributed by atoms with Gasteiger partial charge in [-0.25, -0.2) is 4.79 Å². The molecule has 2 fully saturated rings. The number of carbonyl (C=O) groups is 4. The first kappa shape index (κ1) is 15.7. The molecular weight excluding hydrogens is 318 g/mol. The topological polar surface area (TPSA) is 95.6 Å². The first-order valence-electron chi connectivity index (χ1n) is 7.48. The van der Waals surface area contributed by atoms with Gasteiger partial charge in [-0.3, -0.25) is 19.7 Å². The van der Waals surface area contributed by atoms with Crippen LogP contribution in [0.25, 0.3) is 0 Å². The number of rotatable bonds is 4. The van der Waals surface area contributed by atoms with Crippen LogP contribution in [0.3, 0.4) is 0 Å². The number of nitrogens with one attached hydrogen (secondary N) is 2. The maximum absolute atomic E-state index is 12.2. The molecule has 0 unspecified atom stereocenters. The Hall–Kier alpha value is -2.22. The summed E-state index contributed by atoms with van der Waals surface area (Å²) in [4.78, 5) is 49.6. The molecule has 2 aliphatic heterocycles. The van der Waals surface area contributed by atoms with Crippen molar-refractivity contribution >= 4 is 35.0 Å². The highest BCUT2D eigenvalue weighted by Crippen LogP contribution is 2.26. The fourth-order valence-corrected chi connectivity index (χ4v) is 3.65. The van der Waals surface area contributed by atoms with Crippen LogP contribution in [0.1, 0.15) is 35.4 Å². The standard InChI is InChI=1S/C15H17N3O4S/c19-10(11-2-1-9-23-11)3-4-12(20)18-7-5-15(6-8-18)13(21)16-14(22)17-15/h1-2,9H,3-8H2,(H2,16,17,21,22). The largest absolute Gasteiger partial charge is 0.342 e.